The Morgan fingerprint density at radius 2 is 2.04 bits per heavy atom. The molecule has 0 bridgehead atoms. The molecule has 1 amide bonds. The molecule has 2 aliphatic rings. The lowest BCUT2D eigenvalue weighted by atomic mass is 9.99. The van der Waals surface area contributed by atoms with Crippen LogP contribution in [0.2, 0.25) is 0 Å². The standard InChI is InChI=1S/C20H20N2O5S/c1-21(2)7-8-22-17(15-4-3-9-28-15)16(19(24)20(22)25)18(23)12-5-6-13-14(10-12)27-11-26-13/h3-6,9-10,17,23H,7-8,11H2,1-2H3/b18-16+/t17-/m0/s1. The van der Waals surface area contributed by atoms with Crippen LogP contribution >= 0.6 is 11.3 Å². The van der Waals surface area contributed by atoms with Gasteiger partial charge >= 0.3 is 0 Å². The summed E-state index contributed by atoms with van der Waals surface area (Å²) in [5.41, 5.74) is 0.515. The summed E-state index contributed by atoms with van der Waals surface area (Å²) in [7, 11) is 3.81. The van der Waals surface area contributed by atoms with Crippen molar-refractivity contribution >= 4 is 28.8 Å². The number of fused-ring (bicyclic) bond motifs is 1. The van der Waals surface area contributed by atoms with Gasteiger partial charge in [-0.2, -0.15) is 0 Å². The van der Waals surface area contributed by atoms with Crippen molar-refractivity contribution in [1.82, 2.24) is 9.80 Å². The molecule has 7 nitrogen and oxygen atoms in total. The van der Waals surface area contributed by atoms with Gasteiger partial charge in [-0.15, -0.1) is 11.3 Å². The molecule has 4 rings (SSSR count). The van der Waals surface area contributed by atoms with Crippen molar-refractivity contribution in [3.05, 3.63) is 51.7 Å². The summed E-state index contributed by atoms with van der Waals surface area (Å²) in [6, 6.07) is 8.09. The highest BCUT2D eigenvalue weighted by atomic mass is 32.1. The normalized spacial score (nSPS) is 20.4. The lowest BCUT2D eigenvalue weighted by Gasteiger charge is -2.25. The maximum Gasteiger partial charge on any atom is 0.295 e. The predicted octanol–water partition coefficient (Wildman–Crippen LogP) is 2.46. The molecule has 1 saturated heterocycles. The molecule has 1 N–H and O–H groups in total. The molecule has 8 heteroatoms. The number of likely N-dealkylation sites (N-methyl/N-ethyl adjacent to an activating group) is 1. The Balaban J connectivity index is 1.79. The van der Waals surface area contributed by atoms with Gasteiger partial charge in [-0.25, -0.2) is 0 Å². The molecule has 3 heterocycles. The molecule has 0 radical (unpaired) electrons. The van der Waals surface area contributed by atoms with Crippen molar-refractivity contribution in [2.45, 2.75) is 6.04 Å². The highest BCUT2D eigenvalue weighted by molar-refractivity contribution is 7.10. The van der Waals surface area contributed by atoms with Gasteiger partial charge in [-0.05, 0) is 43.7 Å². The van der Waals surface area contributed by atoms with Gasteiger partial charge in [0.1, 0.15) is 5.76 Å². The average Bonchev–Trinajstić information content (AvgIpc) is 3.40. The van der Waals surface area contributed by atoms with Crippen LogP contribution in [0.5, 0.6) is 11.5 Å². The molecule has 1 fully saturated rings. The summed E-state index contributed by atoms with van der Waals surface area (Å²) in [5, 5.41) is 12.9. The highest BCUT2D eigenvalue weighted by Gasteiger charge is 2.46. The number of carbonyl (C=O) groups is 2. The molecule has 28 heavy (non-hydrogen) atoms. The number of carbonyl (C=O) groups excluding carboxylic acids is 2. The van der Waals surface area contributed by atoms with Gasteiger partial charge in [-0.3, -0.25) is 9.59 Å². The fourth-order valence-corrected chi connectivity index (χ4v) is 4.21. The monoisotopic (exact) mass is 400 g/mol. The van der Waals surface area contributed by atoms with E-state index in [1.165, 1.54) is 16.2 Å². The molecule has 0 unspecified atom stereocenters. The summed E-state index contributed by atoms with van der Waals surface area (Å²) < 4.78 is 10.7. The zero-order valence-electron chi connectivity index (χ0n) is 15.5. The fraction of sp³-hybridized carbons (Fsp3) is 0.300. The summed E-state index contributed by atoms with van der Waals surface area (Å²) in [5.74, 6) is -0.395. The second-order valence-corrected chi connectivity index (χ2v) is 7.86. The molecule has 2 aliphatic heterocycles. The van der Waals surface area contributed by atoms with E-state index < -0.39 is 17.7 Å². The van der Waals surface area contributed by atoms with Crippen molar-refractivity contribution in [2.24, 2.45) is 0 Å². The zero-order chi connectivity index (χ0) is 19.8. The van der Waals surface area contributed by atoms with Gasteiger partial charge < -0.3 is 24.4 Å². The smallest absolute Gasteiger partial charge is 0.295 e. The van der Waals surface area contributed by atoms with E-state index in [4.69, 9.17) is 9.47 Å². The van der Waals surface area contributed by atoms with Crippen LogP contribution in [0.1, 0.15) is 16.5 Å². The first-order valence-corrected chi connectivity index (χ1v) is 9.72. The Labute approximate surface area is 166 Å². The second-order valence-electron chi connectivity index (χ2n) is 6.88. The predicted molar refractivity (Wildman–Crippen MR) is 104 cm³/mol. The number of ether oxygens (including phenoxy) is 2. The van der Waals surface area contributed by atoms with E-state index in [1.807, 2.05) is 36.5 Å². The first-order chi connectivity index (χ1) is 13.5. The number of amides is 1. The number of hydrogen-bond acceptors (Lipinski definition) is 7. The van der Waals surface area contributed by atoms with Crippen molar-refractivity contribution in [3.63, 3.8) is 0 Å². The van der Waals surface area contributed by atoms with Gasteiger partial charge in [-0.1, -0.05) is 6.07 Å². The van der Waals surface area contributed by atoms with Crippen molar-refractivity contribution < 1.29 is 24.2 Å². The van der Waals surface area contributed by atoms with E-state index in [0.29, 0.717) is 30.2 Å². The number of nitrogens with zero attached hydrogens (tertiary/aromatic N) is 2. The molecule has 0 saturated carbocycles. The number of rotatable bonds is 5. The van der Waals surface area contributed by atoms with E-state index >= 15 is 0 Å². The van der Waals surface area contributed by atoms with Crippen LogP contribution in [0, 0.1) is 0 Å². The maximum absolute atomic E-state index is 12.8. The lowest BCUT2D eigenvalue weighted by molar-refractivity contribution is -0.140. The molecule has 0 aliphatic carbocycles. The summed E-state index contributed by atoms with van der Waals surface area (Å²) >= 11 is 1.45. The van der Waals surface area contributed by atoms with Crippen molar-refractivity contribution in [2.75, 3.05) is 34.0 Å². The SMILES string of the molecule is CN(C)CCN1C(=O)C(=O)/C(=C(/O)c2ccc3c(c2)OCO3)[C@@H]1c1cccs1. The molecule has 2 aromatic rings. The third-order valence-corrected chi connectivity index (χ3v) is 5.71. The molecule has 0 spiro atoms. The molecule has 146 valence electrons. The summed E-state index contributed by atoms with van der Waals surface area (Å²) in [6.45, 7) is 1.11. The van der Waals surface area contributed by atoms with Crippen molar-refractivity contribution in [3.8, 4) is 11.5 Å². The summed E-state index contributed by atoms with van der Waals surface area (Å²) in [4.78, 5) is 29.9. The topological polar surface area (TPSA) is 79.3 Å². The van der Waals surface area contributed by atoms with Gasteiger partial charge in [0.05, 0.1) is 11.6 Å². The number of likely N-dealkylation sites (tertiary alicyclic amines) is 1. The second kappa shape index (κ2) is 7.29. The minimum Gasteiger partial charge on any atom is -0.507 e. The van der Waals surface area contributed by atoms with Gasteiger partial charge in [0.2, 0.25) is 6.79 Å². The van der Waals surface area contributed by atoms with E-state index in [-0.39, 0.29) is 18.1 Å². The van der Waals surface area contributed by atoms with Crippen LogP contribution in [0.15, 0.2) is 41.3 Å². The van der Waals surface area contributed by atoms with E-state index in [0.717, 1.165) is 4.88 Å². The Hall–Kier alpha value is -2.84. The van der Waals surface area contributed by atoms with Crippen LogP contribution < -0.4 is 9.47 Å². The first kappa shape index (κ1) is 18.5. The number of hydrogen-bond donors (Lipinski definition) is 1. The van der Waals surface area contributed by atoms with Crippen LogP contribution in [0.25, 0.3) is 5.76 Å². The first-order valence-electron chi connectivity index (χ1n) is 8.84. The van der Waals surface area contributed by atoms with Crippen LogP contribution in [-0.2, 0) is 9.59 Å². The third kappa shape index (κ3) is 3.14. The maximum atomic E-state index is 12.8. The van der Waals surface area contributed by atoms with Crippen LogP contribution in [0.4, 0.5) is 0 Å². The van der Waals surface area contributed by atoms with E-state index in [1.54, 1.807) is 18.2 Å². The van der Waals surface area contributed by atoms with Crippen LogP contribution in [-0.4, -0.2) is 60.6 Å². The number of ketones is 1. The molecule has 1 aromatic carbocycles. The Morgan fingerprint density at radius 3 is 2.75 bits per heavy atom. The number of thiophene rings is 1. The lowest BCUT2D eigenvalue weighted by Crippen LogP contribution is -2.35. The Morgan fingerprint density at radius 1 is 1.25 bits per heavy atom. The van der Waals surface area contributed by atoms with Gasteiger partial charge in [0.15, 0.2) is 11.5 Å². The number of Topliss-reactive ketones (excluding diaryl/α,β-unsaturated/α-hetero) is 1. The molecule has 1 atom stereocenters. The summed E-state index contributed by atoms with van der Waals surface area (Å²) in [6.07, 6.45) is 0. The fourth-order valence-electron chi connectivity index (χ4n) is 3.36. The van der Waals surface area contributed by atoms with Gasteiger partial charge in [0, 0.05) is 23.5 Å². The molecule has 1 aromatic heterocycles. The number of aliphatic hydroxyl groups is 1. The largest absolute Gasteiger partial charge is 0.507 e. The zero-order valence-corrected chi connectivity index (χ0v) is 16.4. The third-order valence-electron chi connectivity index (χ3n) is 4.79. The molecular formula is C20H20N2O5S. The number of benzene rings is 1. The highest BCUT2D eigenvalue weighted by Crippen LogP contribution is 2.42. The molecular weight excluding hydrogens is 380 g/mol. The van der Waals surface area contributed by atoms with E-state index in [2.05, 4.69) is 0 Å². The average molecular weight is 400 g/mol. The minimum atomic E-state index is -0.674. The minimum absolute atomic E-state index is 0.102. The Kier molecular flexibility index (Phi) is 4.82. The quantitative estimate of drug-likeness (QED) is 0.472. The van der Waals surface area contributed by atoms with Crippen LogP contribution in [0.3, 0.4) is 0 Å². The number of aliphatic hydroxyl groups excluding tert-OH is 1. The Bertz CT molecular complexity index is 952. The van der Waals surface area contributed by atoms with Crippen molar-refractivity contribution in [1.29, 1.82) is 0 Å². The van der Waals surface area contributed by atoms with E-state index in [9.17, 15) is 14.7 Å². The van der Waals surface area contributed by atoms with Gasteiger partial charge in [0.25, 0.3) is 11.7 Å².